The van der Waals surface area contributed by atoms with Gasteiger partial charge in [0.05, 0.1) is 11.9 Å². The minimum atomic E-state index is 0.403. The summed E-state index contributed by atoms with van der Waals surface area (Å²) in [6, 6.07) is 9.90. The van der Waals surface area contributed by atoms with Crippen LogP contribution < -0.4 is 5.73 Å². The molecule has 0 aliphatic carbocycles. The molecule has 16 heavy (non-hydrogen) atoms. The first kappa shape index (κ1) is 10.4. The van der Waals surface area contributed by atoms with Crippen LogP contribution in [0.25, 0.3) is 11.3 Å². The number of aromatic nitrogens is 2. The average molecular weight is 214 g/mol. The van der Waals surface area contributed by atoms with Gasteiger partial charge in [-0.25, -0.2) is 9.66 Å². The van der Waals surface area contributed by atoms with Gasteiger partial charge in [0.2, 0.25) is 5.95 Å². The summed E-state index contributed by atoms with van der Waals surface area (Å²) in [4.78, 5) is 4.27. The Morgan fingerprint density at radius 2 is 1.94 bits per heavy atom. The molecular weight excluding hydrogens is 200 g/mol. The number of hydrogen-bond acceptors (Lipinski definition) is 3. The summed E-state index contributed by atoms with van der Waals surface area (Å²) in [5, 5.41) is 4.25. The van der Waals surface area contributed by atoms with Gasteiger partial charge in [-0.2, -0.15) is 5.10 Å². The Morgan fingerprint density at radius 3 is 2.56 bits per heavy atom. The zero-order chi connectivity index (χ0) is 11.5. The molecule has 2 aromatic rings. The van der Waals surface area contributed by atoms with Gasteiger partial charge in [0.25, 0.3) is 0 Å². The first-order chi connectivity index (χ1) is 7.66. The van der Waals surface area contributed by atoms with E-state index in [1.165, 1.54) is 0 Å². The molecule has 1 aromatic heterocycles. The van der Waals surface area contributed by atoms with Crippen LogP contribution in [0.1, 0.15) is 13.8 Å². The standard InChI is InChI=1S/C12H14N4/c1-9(2)15-16-8-11(14-12(16)13)10-6-4-3-5-7-10/h3-8H,1-2H3,(H2,13,14). The molecule has 4 heteroatoms. The van der Waals surface area contributed by atoms with E-state index >= 15 is 0 Å². The van der Waals surface area contributed by atoms with E-state index in [1.807, 2.05) is 50.4 Å². The van der Waals surface area contributed by atoms with Crippen molar-refractivity contribution in [1.82, 2.24) is 9.66 Å². The lowest BCUT2D eigenvalue weighted by molar-refractivity contribution is 0.888. The van der Waals surface area contributed by atoms with Crippen LogP contribution in [0.2, 0.25) is 0 Å². The van der Waals surface area contributed by atoms with Crippen LogP contribution in [0.4, 0.5) is 5.95 Å². The molecule has 0 atom stereocenters. The third kappa shape index (κ3) is 2.11. The molecule has 1 heterocycles. The summed E-state index contributed by atoms with van der Waals surface area (Å²) in [5.41, 5.74) is 8.58. The molecule has 2 N–H and O–H groups in total. The molecule has 0 fully saturated rings. The predicted octanol–water partition coefficient (Wildman–Crippen LogP) is 2.38. The van der Waals surface area contributed by atoms with Crippen molar-refractivity contribution in [3.8, 4) is 11.3 Å². The smallest absolute Gasteiger partial charge is 0.221 e. The Morgan fingerprint density at radius 1 is 1.25 bits per heavy atom. The molecule has 82 valence electrons. The van der Waals surface area contributed by atoms with E-state index in [2.05, 4.69) is 10.1 Å². The SMILES string of the molecule is CC(C)=Nn1cc(-c2ccccc2)nc1N. The molecule has 0 saturated heterocycles. The molecule has 0 spiro atoms. The van der Waals surface area contributed by atoms with Gasteiger partial charge in [0, 0.05) is 11.3 Å². The molecule has 0 aliphatic heterocycles. The van der Waals surface area contributed by atoms with Crippen molar-refractivity contribution < 1.29 is 0 Å². The van der Waals surface area contributed by atoms with Gasteiger partial charge in [-0.05, 0) is 13.8 Å². The number of hydrogen-bond donors (Lipinski definition) is 1. The van der Waals surface area contributed by atoms with Crippen molar-refractivity contribution in [3.63, 3.8) is 0 Å². The Bertz CT molecular complexity index is 507. The van der Waals surface area contributed by atoms with Crippen LogP contribution in [0.3, 0.4) is 0 Å². The zero-order valence-electron chi connectivity index (χ0n) is 9.38. The molecule has 0 bridgehead atoms. The molecule has 0 radical (unpaired) electrons. The second-order valence-corrected chi connectivity index (χ2v) is 3.74. The molecule has 1 aromatic carbocycles. The van der Waals surface area contributed by atoms with Gasteiger partial charge in [-0.1, -0.05) is 30.3 Å². The van der Waals surface area contributed by atoms with E-state index in [-0.39, 0.29) is 0 Å². The van der Waals surface area contributed by atoms with Crippen LogP contribution in [-0.2, 0) is 0 Å². The van der Waals surface area contributed by atoms with E-state index in [9.17, 15) is 0 Å². The number of nitrogen functional groups attached to an aromatic ring is 1. The van der Waals surface area contributed by atoms with Crippen molar-refractivity contribution >= 4 is 11.7 Å². The predicted molar refractivity (Wildman–Crippen MR) is 66.3 cm³/mol. The van der Waals surface area contributed by atoms with E-state index in [4.69, 9.17) is 5.73 Å². The summed E-state index contributed by atoms with van der Waals surface area (Å²) in [6.07, 6.45) is 1.83. The summed E-state index contributed by atoms with van der Waals surface area (Å²) in [7, 11) is 0. The normalized spacial score (nSPS) is 10.1. The number of nitrogens with two attached hydrogens (primary N) is 1. The first-order valence-electron chi connectivity index (χ1n) is 5.09. The highest BCUT2D eigenvalue weighted by Gasteiger charge is 2.05. The van der Waals surface area contributed by atoms with Crippen molar-refractivity contribution in [2.24, 2.45) is 5.10 Å². The monoisotopic (exact) mass is 214 g/mol. The van der Waals surface area contributed by atoms with Crippen molar-refractivity contribution in [3.05, 3.63) is 36.5 Å². The number of rotatable bonds is 2. The highest BCUT2D eigenvalue weighted by atomic mass is 15.4. The van der Waals surface area contributed by atoms with Gasteiger partial charge in [0.1, 0.15) is 0 Å². The fraction of sp³-hybridized carbons (Fsp3) is 0.167. The topological polar surface area (TPSA) is 56.2 Å². The average Bonchev–Trinajstić information content (AvgIpc) is 2.61. The molecular formula is C12H14N4. The van der Waals surface area contributed by atoms with E-state index < -0.39 is 0 Å². The quantitative estimate of drug-likeness (QED) is 0.780. The van der Waals surface area contributed by atoms with E-state index in [0.29, 0.717) is 5.95 Å². The number of anilines is 1. The second-order valence-electron chi connectivity index (χ2n) is 3.74. The molecule has 0 aliphatic rings. The molecule has 0 saturated carbocycles. The number of benzene rings is 1. The number of nitrogens with zero attached hydrogens (tertiary/aromatic N) is 3. The van der Waals surface area contributed by atoms with Crippen molar-refractivity contribution in [2.75, 3.05) is 5.73 Å². The van der Waals surface area contributed by atoms with Gasteiger partial charge < -0.3 is 5.73 Å². The van der Waals surface area contributed by atoms with Crippen LogP contribution in [-0.4, -0.2) is 15.4 Å². The van der Waals surface area contributed by atoms with Gasteiger partial charge in [-0.15, -0.1) is 0 Å². The third-order valence-corrected chi connectivity index (χ3v) is 2.09. The van der Waals surface area contributed by atoms with Gasteiger partial charge >= 0.3 is 0 Å². The lowest BCUT2D eigenvalue weighted by atomic mass is 10.2. The summed E-state index contributed by atoms with van der Waals surface area (Å²) in [6.45, 7) is 3.84. The lowest BCUT2D eigenvalue weighted by Gasteiger charge is -1.95. The van der Waals surface area contributed by atoms with E-state index in [0.717, 1.165) is 17.0 Å². The van der Waals surface area contributed by atoms with Crippen molar-refractivity contribution in [1.29, 1.82) is 0 Å². The Kier molecular flexibility index (Phi) is 2.72. The highest BCUT2D eigenvalue weighted by molar-refractivity contribution is 5.79. The van der Waals surface area contributed by atoms with Crippen LogP contribution in [0.5, 0.6) is 0 Å². The lowest BCUT2D eigenvalue weighted by Crippen LogP contribution is -1.98. The Labute approximate surface area is 94.4 Å². The fourth-order valence-electron chi connectivity index (χ4n) is 1.43. The Balaban J connectivity index is 2.42. The maximum Gasteiger partial charge on any atom is 0.221 e. The summed E-state index contributed by atoms with van der Waals surface area (Å²) < 4.78 is 1.59. The molecule has 4 nitrogen and oxygen atoms in total. The van der Waals surface area contributed by atoms with E-state index in [1.54, 1.807) is 4.68 Å². The van der Waals surface area contributed by atoms with Crippen LogP contribution in [0, 0.1) is 0 Å². The number of imidazole rings is 1. The largest absolute Gasteiger partial charge is 0.368 e. The molecule has 0 unspecified atom stereocenters. The fourth-order valence-corrected chi connectivity index (χ4v) is 1.43. The second kappa shape index (κ2) is 4.18. The minimum Gasteiger partial charge on any atom is -0.368 e. The minimum absolute atomic E-state index is 0.403. The highest BCUT2D eigenvalue weighted by Crippen LogP contribution is 2.19. The maximum absolute atomic E-state index is 5.77. The molecule has 2 rings (SSSR count). The van der Waals surface area contributed by atoms with Crippen LogP contribution >= 0.6 is 0 Å². The van der Waals surface area contributed by atoms with Crippen LogP contribution in [0.15, 0.2) is 41.6 Å². The summed E-state index contributed by atoms with van der Waals surface area (Å²) >= 11 is 0. The summed E-state index contributed by atoms with van der Waals surface area (Å²) in [5.74, 6) is 0.403. The van der Waals surface area contributed by atoms with Gasteiger partial charge in [0.15, 0.2) is 0 Å². The zero-order valence-corrected chi connectivity index (χ0v) is 9.38. The first-order valence-corrected chi connectivity index (χ1v) is 5.09. The third-order valence-electron chi connectivity index (χ3n) is 2.09. The maximum atomic E-state index is 5.77. The van der Waals surface area contributed by atoms with Gasteiger partial charge in [-0.3, -0.25) is 0 Å². The Hall–Kier alpha value is -2.10. The van der Waals surface area contributed by atoms with Crippen molar-refractivity contribution in [2.45, 2.75) is 13.8 Å². The molecule has 0 amide bonds.